The zero-order valence-electron chi connectivity index (χ0n) is 12.9. The highest BCUT2D eigenvalue weighted by molar-refractivity contribution is 6.93. The van der Waals surface area contributed by atoms with Crippen molar-refractivity contribution in [2.24, 2.45) is 0 Å². The highest BCUT2D eigenvalue weighted by Crippen LogP contribution is 2.12. The number of allylic oxidation sites excluding steroid dienone is 1. The minimum Gasteiger partial charge on any atom is -0.497 e. The SMILES string of the molecule is CCCCCC/C=C/[Si](C)(C)c1ccc(OC)cc1. The Hall–Kier alpha value is -1.02. The molecule has 0 N–H and O–H groups in total. The van der Waals surface area contributed by atoms with Crippen molar-refractivity contribution in [3.63, 3.8) is 0 Å². The van der Waals surface area contributed by atoms with Gasteiger partial charge in [0.1, 0.15) is 13.8 Å². The van der Waals surface area contributed by atoms with Crippen LogP contribution in [0.1, 0.15) is 39.0 Å². The molecule has 1 aromatic carbocycles. The van der Waals surface area contributed by atoms with Gasteiger partial charge < -0.3 is 4.74 Å². The van der Waals surface area contributed by atoms with Crippen LogP contribution in [-0.2, 0) is 0 Å². The molecule has 0 aliphatic rings. The van der Waals surface area contributed by atoms with E-state index >= 15 is 0 Å². The number of rotatable bonds is 8. The second kappa shape index (κ2) is 8.21. The maximum absolute atomic E-state index is 5.22. The second-order valence-electron chi connectivity index (χ2n) is 5.70. The lowest BCUT2D eigenvalue weighted by atomic mass is 10.2. The molecule has 1 rings (SSSR count). The van der Waals surface area contributed by atoms with Gasteiger partial charge in [0.2, 0.25) is 0 Å². The highest BCUT2D eigenvalue weighted by Gasteiger charge is 2.19. The molecule has 0 saturated heterocycles. The summed E-state index contributed by atoms with van der Waals surface area (Å²) in [5.74, 6) is 0.942. The van der Waals surface area contributed by atoms with Crippen LogP contribution in [0.25, 0.3) is 0 Å². The Bertz CT molecular complexity index is 379. The number of hydrogen-bond acceptors (Lipinski definition) is 1. The minimum absolute atomic E-state index is 0.942. The third-order valence-electron chi connectivity index (χ3n) is 3.59. The smallest absolute Gasteiger partial charge is 0.118 e. The molecule has 0 aromatic heterocycles. The van der Waals surface area contributed by atoms with E-state index in [9.17, 15) is 0 Å². The molecule has 0 atom stereocenters. The van der Waals surface area contributed by atoms with Crippen LogP contribution in [0, 0.1) is 0 Å². The molecule has 0 spiro atoms. The molecule has 106 valence electrons. The van der Waals surface area contributed by atoms with Gasteiger partial charge in [0.25, 0.3) is 0 Å². The summed E-state index contributed by atoms with van der Waals surface area (Å²) in [6, 6.07) is 8.57. The largest absolute Gasteiger partial charge is 0.497 e. The predicted octanol–water partition coefficient (Wildman–Crippen LogP) is 4.68. The van der Waals surface area contributed by atoms with Gasteiger partial charge in [-0.3, -0.25) is 0 Å². The molecule has 0 radical (unpaired) electrons. The van der Waals surface area contributed by atoms with Crippen molar-refractivity contribution in [3.05, 3.63) is 36.0 Å². The Morgan fingerprint density at radius 2 is 1.74 bits per heavy atom. The van der Waals surface area contributed by atoms with E-state index in [2.05, 4.69) is 56.1 Å². The molecule has 0 amide bonds. The summed E-state index contributed by atoms with van der Waals surface area (Å²) in [6.45, 7) is 7.06. The molecule has 0 heterocycles. The van der Waals surface area contributed by atoms with Gasteiger partial charge in [0, 0.05) is 0 Å². The number of hydrogen-bond donors (Lipinski definition) is 0. The first-order valence-electron chi connectivity index (χ1n) is 7.42. The van der Waals surface area contributed by atoms with Gasteiger partial charge in [-0.15, -0.1) is 0 Å². The van der Waals surface area contributed by atoms with Gasteiger partial charge in [0.05, 0.1) is 7.11 Å². The van der Waals surface area contributed by atoms with Crippen molar-refractivity contribution in [3.8, 4) is 5.75 Å². The molecule has 0 aliphatic carbocycles. The lowest BCUT2D eigenvalue weighted by molar-refractivity contribution is 0.415. The molecular formula is C17H28OSi. The number of benzene rings is 1. The summed E-state index contributed by atoms with van der Waals surface area (Å²) in [5, 5.41) is 1.47. The van der Waals surface area contributed by atoms with Crippen molar-refractivity contribution in [1.29, 1.82) is 0 Å². The summed E-state index contributed by atoms with van der Waals surface area (Å²) >= 11 is 0. The maximum atomic E-state index is 5.22. The minimum atomic E-state index is -1.42. The first-order valence-corrected chi connectivity index (χ1v) is 10.5. The predicted molar refractivity (Wildman–Crippen MR) is 88.0 cm³/mol. The Balaban J connectivity index is 2.51. The molecule has 0 unspecified atom stereocenters. The molecule has 2 heteroatoms. The average Bonchev–Trinajstić information content (AvgIpc) is 2.43. The molecule has 1 aromatic rings. The summed E-state index contributed by atoms with van der Waals surface area (Å²) in [7, 11) is 0.296. The van der Waals surface area contributed by atoms with Crippen molar-refractivity contribution in [1.82, 2.24) is 0 Å². The van der Waals surface area contributed by atoms with Crippen LogP contribution in [0.2, 0.25) is 13.1 Å². The maximum Gasteiger partial charge on any atom is 0.118 e. The molecular weight excluding hydrogens is 248 g/mol. The Kier molecular flexibility index (Phi) is 6.93. The van der Waals surface area contributed by atoms with Gasteiger partial charge in [-0.05, 0) is 25.0 Å². The van der Waals surface area contributed by atoms with Gasteiger partial charge in [-0.25, -0.2) is 0 Å². The molecule has 0 saturated carbocycles. The zero-order chi connectivity index (χ0) is 14.1. The monoisotopic (exact) mass is 276 g/mol. The third kappa shape index (κ3) is 5.64. The van der Waals surface area contributed by atoms with E-state index in [1.807, 2.05) is 0 Å². The fourth-order valence-corrected chi connectivity index (χ4v) is 4.16. The van der Waals surface area contributed by atoms with Crippen LogP contribution in [0.4, 0.5) is 0 Å². The Morgan fingerprint density at radius 3 is 2.32 bits per heavy atom. The second-order valence-corrected chi connectivity index (χ2v) is 10.1. The van der Waals surface area contributed by atoms with Gasteiger partial charge >= 0.3 is 0 Å². The molecule has 1 nitrogen and oxygen atoms in total. The summed E-state index contributed by atoms with van der Waals surface area (Å²) in [5.41, 5.74) is 2.47. The topological polar surface area (TPSA) is 9.23 Å². The van der Waals surface area contributed by atoms with Crippen LogP contribution in [0.5, 0.6) is 5.75 Å². The fourth-order valence-electron chi connectivity index (χ4n) is 2.18. The molecule has 0 aliphatic heterocycles. The lowest BCUT2D eigenvalue weighted by Gasteiger charge is -2.18. The first kappa shape index (κ1) is 16.0. The fraction of sp³-hybridized carbons (Fsp3) is 0.529. The zero-order valence-corrected chi connectivity index (χ0v) is 13.9. The Morgan fingerprint density at radius 1 is 1.05 bits per heavy atom. The number of unbranched alkanes of at least 4 members (excludes halogenated alkanes) is 4. The standard InChI is InChI=1S/C17H28OSi/c1-5-6-7-8-9-10-15-19(3,4)17-13-11-16(18-2)12-14-17/h10-15H,5-9H2,1-4H3/b15-10+. The van der Waals surface area contributed by atoms with E-state index in [1.165, 1.54) is 37.3 Å². The van der Waals surface area contributed by atoms with Crippen molar-refractivity contribution < 1.29 is 4.74 Å². The molecule has 0 fully saturated rings. The van der Waals surface area contributed by atoms with E-state index in [0.717, 1.165) is 5.75 Å². The van der Waals surface area contributed by atoms with Crippen molar-refractivity contribution in [2.75, 3.05) is 7.11 Å². The third-order valence-corrected chi connectivity index (χ3v) is 6.48. The van der Waals surface area contributed by atoms with Gasteiger partial charge in [-0.1, -0.05) is 68.4 Å². The van der Waals surface area contributed by atoms with E-state index in [0.29, 0.717) is 0 Å². The Labute approximate surface area is 119 Å². The van der Waals surface area contributed by atoms with Gasteiger partial charge in [0.15, 0.2) is 0 Å². The molecule has 0 bridgehead atoms. The van der Waals surface area contributed by atoms with Crippen LogP contribution in [0.15, 0.2) is 36.0 Å². The van der Waals surface area contributed by atoms with Crippen LogP contribution in [-0.4, -0.2) is 15.2 Å². The first-order chi connectivity index (χ1) is 9.10. The van der Waals surface area contributed by atoms with E-state index in [1.54, 1.807) is 7.11 Å². The van der Waals surface area contributed by atoms with E-state index in [4.69, 9.17) is 4.74 Å². The lowest BCUT2D eigenvalue weighted by Crippen LogP contribution is -2.39. The van der Waals surface area contributed by atoms with Crippen LogP contribution >= 0.6 is 0 Å². The van der Waals surface area contributed by atoms with E-state index in [-0.39, 0.29) is 0 Å². The van der Waals surface area contributed by atoms with Gasteiger partial charge in [-0.2, -0.15) is 0 Å². The normalized spacial score (nSPS) is 12.0. The number of methoxy groups -OCH3 is 1. The van der Waals surface area contributed by atoms with Crippen LogP contribution < -0.4 is 9.92 Å². The summed E-state index contributed by atoms with van der Waals surface area (Å²) in [4.78, 5) is 0. The highest BCUT2D eigenvalue weighted by atomic mass is 28.3. The quantitative estimate of drug-likeness (QED) is 0.495. The number of ether oxygens (including phenoxy) is 1. The van der Waals surface area contributed by atoms with E-state index < -0.39 is 8.07 Å². The summed E-state index contributed by atoms with van der Waals surface area (Å²) in [6.07, 6.45) is 9.00. The van der Waals surface area contributed by atoms with Crippen LogP contribution in [0.3, 0.4) is 0 Å². The average molecular weight is 276 g/mol. The molecule has 19 heavy (non-hydrogen) atoms. The van der Waals surface area contributed by atoms with Crippen molar-refractivity contribution >= 4 is 13.3 Å². The summed E-state index contributed by atoms with van der Waals surface area (Å²) < 4.78 is 5.22. The van der Waals surface area contributed by atoms with Crippen molar-refractivity contribution in [2.45, 2.75) is 52.1 Å².